The maximum atomic E-state index is 12.2. The summed E-state index contributed by atoms with van der Waals surface area (Å²) < 4.78 is 21.0. The van der Waals surface area contributed by atoms with Crippen LogP contribution in [0.2, 0.25) is 0 Å². The lowest BCUT2D eigenvalue weighted by molar-refractivity contribution is 0.0499. The minimum Gasteiger partial charge on any atom is -0.493 e. The Hall–Kier alpha value is -2.47. The number of aromatic nitrogens is 1. The highest BCUT2D eigenvalue weighted by molar-refractivity contribution is 5.91. The first-order chi connectivity index (χ1) is 11.7. The summed E-state index contributed by atoms with van der Waals surface area (Å²) in [6.07, 6.45) is 3.20. The second kappa shape index (κ2) is 10.4. The molecule has 6 nitrogen and oxygen atoms in total. The SMILES string of the molecule is COc1cc(C(=O)OCCCc2ccccn2)cc(OC)c1OC.Cl. The molecule has 0 unspecified atom stereocenters. The lowest BCUT2D eigenvalue weighted by Gasteiger charge is -2.13. The molecule has 0 aliphatic rings. The van der Waals surface area contributed by atoms with Crippen molar-refractivity contribution >= 4 is 18.4 Å². The van der Waals surface area contributed by atoms with E-state index in [1.54, 1.807) is 18.3 Å². The number of aryl methyl sites for hydroxylation is 1. The van der Waals surface area contributed by atoms with Crippen LogP contribution in [-0.2, 0) is 11.2 Å². The van der Waals surface area contributed by atoms with Gasteiger partial charge in [-0.05, 0) is 37.1 Å². The summed E-state index contributed by atoms with van der Waals surface area (Å²) in [6, 6.07) is 8.89. The first-order valence-electron chi connectivity index (χ1n) is 7.56. The molecule has 0 saturated carbocycles. The Morgan fingerprint density at radius 1 is 1.04 bits per heavy atom. The van der Waals surface area contributed by atoms with Crippen LogP contribution in [0.4, 0.5) is 0 Å². The fourth-order valence-electron chi connectivity index (χ4n) is 2.25. The second-order valence-corrected chi connectivity index (χ2v) is 4.97. The van der Waals surface area contributed by atoms with E-state index < -0.39 is 5.97 Å². The molecule has 0 bridgehead atoms. The van der Waals surface area contributed by atoms with Crippen LogP contribution in [0, 0.1) is 0 Å². The second-order valence-electron chi connectivity index (χ2n) is 4.97. The van der Waals surface area contributed by atoms with Crippen LogP contribution in [0.5, 0.6) is 17.2 Å². The summed E-state index contributed by atoms with van der Waals surface area (Å²) in [7, 11) is 4.51. The number of carbonyl (C=O) groups is 1. The smallest absolute Gasteiger partial charge is 0.338 e. The molecule has 1 aromatic carbocycles. The molecular weight excluding hydrogens is 346 g/mol. The molecule has 2 rings (SSSR count). The Kier molecular flexibility index (Phi) is 8.56. The van der Waals surface area contributed by atoms with Gasteiger partial charge in [0.15, 0.2) is 11.5 Å². The number of pyridine rings is 1. The molecule has 0 aliphatic heterocycles. The van der Waals surface area contributed by atoms with Gasteiger partial charge in [-0.25, -0.2) is 4.79 Å². The van der Waals surface area contributed by atoms with Crippen LogP contribution < -0.4 is 14.2 Å². The number of benzene rings is 1. The molecule has 7 heteroatoms. The van der Waals surface area contributed by atoms with Crippen LogP contribution in [0.1, 0.15) is 22.5 Å². The summed E-state index contributed by atoms with van der Waals surface area (Å²) in [6.45, 7) is 0.312. The largest absolute Gasteiger partial charge is 0.493 e. The number of carbonyl (C=O) groups excluding carboxylic acids is 1. The molecule has 136 valence electrons. The first-order valence-corrected chi connectivity index (χ1v) is 7.56. The van der Waals surface area contributed by atoms with Crippen LogP contribution in [0.25, 0.3) is 0 Å². The number of hydrogen-bond donors (Lipinski definition) is 0. The van der Waals surface area contributed by atoms with E-state index in [0.29, 0.717) is 35.8 Å². The molecule has 1 heterocycles. The highest BCUT2D eigenvalue weighted by Crippen LogP contribution is 2.38. The van der Waals surface area contributed by atoms with Crippen molar-refractivity contribution in [1.82, 2.24) is 4.98 Å². The van der Waals surface area contributed by atoms with Gasteiger partial charge in [0, 0.05) is 11.9 Å². The normalized spacial score (nSPS) is 9.72. The van der Waals surface area contributed by atoms with E-state index in [1.165, 1.54) is 21.3 Å². The van der Waals surface area contributed by atoms with Gasteiger partial charge in [0.25, 0.3) is 0 Å². The third-order valence-corrected chi connectivity index (χ3v) is 3.44. The van der Waals surface area contributed by atoms with Gasteiger partial charge in [0.2, 0.25) is 5.75 Å². The molecule has 0 radical (unpaired) electrons. The van der Waals surface area contributed by atoms with E-state index in [9.17, 15) is 4.79 Å². The van der Waals surface area contributed by atoms with E-state index >= 15 is 0 Å². The fraction of sp³-hybridized carbons (Fsp3) is 0.333. The van der Waals surface area contributed by atoms with Crippen molar-refractivity contribution in [3.05, 3.63) is 47.8 Å². The number of nitrogens with zero attached hydrogens (tertiary/aromatic N) is 1. The van der Waals surface area contributed by atoms with Gasteiger partial charge in [0.05, 0.1) is 33.5 Å². The standard InChI is InChI=1S/C18H21NO5.ClH/c1-21-15-11-13(12-16(22-2)17(15)23-3)18(20)24-10-6-8-14-7-4-5-9-19-14;/h4-5,7,9,11-12H,6,8,10H2,1-3H3;1H. The van der Waals surface area contributed by atoms with Gasteiger partial charge in [-0.3, -0.25) is 4.98 Å². The summed E-state index contributed by atoms with van der Waals surface area (Å²) in [5.74, 6) is 0.830. The van der Waals surface area contributed by atoms with Crippen LogP contribution in [0.3, 0.4) is 0 Å². The number of esters is 1. The lowest BCUT2D eigenvalue weighted by Crippen LogP contribution is -2.08. The van der Waals surface area contributed by atoms with E-state index in [-0.39, 0.29) is 12.4 Å². The fourth-order valence-corrected chi connectivity index (χ4v) is 2.25. The van der Waals surface area contributed by atoms with Crippen molar-refractivity contribution in [2.24, 2.45) is 0 Å². The third kappa shape index (κ3) is 5.53. The van der Waals surface area contributed by atoms with E-state index in [0.717, 1.165) is 12.1 Å². The molecule has 25 heavy (non-hydrogen) atoms. The molecule has 1 aromatic heterocycles. The number of methoxy groups -OCH3 is 3. The molecule has 0 amide bonds. The maximum Gasteiger partial charge on any atom is 0.338 e. The zero-order chi connectivity index (χ0) is 17.4. The van der Waals surface area contributed by atoms with E-state index in [1.807, 2.05) is 18.2 Å². The predicted molar refractivity (Wildman–Crippen MR) is 96.2 cm³/mol. The zero-order valence-electron chi connectivity index (χ0n) is 14.5. The maximum absolute atomic E-state index is 12.2. The van der Waals surface area contributed by atoms with Gasteiger partial charge in [0.1, 0.15) is 0 Å². The molecule has 0 saturated heterocycles. The van der Waals surface area contributed by atoms with Crippen molar-refractivity contribution in [2.75, 3.05) is 27.9 Å². The van der Waals surface area contributed by atoms with Crippen molar-refractivity contribution in [2.45, 2.75) is 12.8 Å². The number of ether oxygens (including phenoxy) is 4. The predicted octanol–water partition coefficient (Wildman–Crippen LogP) is 3.32. The van der Waals surface area contributed by atoms with Crippen LogP contribution in [-0.4, -0.2) is 38.9 Å². The Bertz CT molecular complexity index is 653. The highest BCUT2D eigenvalue weighted by Gasteiger charge is 2.17. The molecule has 0 atom stereocenters. The Balaban J connectivity index is 0.00000312. The zero-order valence-corrected chi connectivity index (χ0v) is 15.3. The Labute approximate surface area is 153 Å². The molecule has 2 aromatic rings. The van der Waals surface area contributed by atoms with Gasteiger partial charge >= 0.3 is 5.97 Å². The average Bonchev–Trinajstić information content (AvgIpc) is 2.64. The summed E-state index contributed by atoms with van der Waals surface area (Å²) >= 11 is 0. The molecule has 0 spiro atoms. The molecular formula is C18H22ClNO5. The van der Waals surface area contributed by atoms with Gasteiger partial charge in [-0.15, -0.1) is 12.4 Å². The van der Waals surface area contributed by atoms with Crippen molar-refractivity contribution in [3.8, 4) is 17.2 Å². The Morgan fingerprint density at radius 3 is 2.24 bits per heavy atom. The molecule has 0 N–H and O–H groups in total. The van der Waals surface area contributed by atoms with E-state index in [2.05, 4.69) is 4.98 Å². The number of rotatable bonds is 8. The minimum atomic E-state index is -0.435. The summed E-state index contributed by atoms with van der Waals surface area (Å²) in [5, 5.41) is 0. The number of halogens is 1. The average molecular weight is 368 g/mol. The molecule has 0 fully saturated rings. The van der Waals surface area contributed by atoms with Crippen LogP contribution in [0.15, 0.2) is 36.5 Å². The lowest BCUT2D eigenvalue weighted by atomic mass is 10.2. The highest BCUT2D eigenvalue weighted by atomic mass is 35.5. The number of hydrogen-bond acceptors (Lipinski definition) is 6. The minimum absolute atomic E-state index is 0. The summed E-state index contributed by atoms with van der Waals surface area (Å²) in [5.41, 5.74) is 1.32. The van der Waals surface area contributed by atoms with Crippen LogP contribution >= 0.6 is 12.4 Å². The summed E-state index contributed by atoms with van der Waals surface area (Å²) in [4.78, 5) is 16.4. The third-order valence-electron chi connectivity index (χ3n) is 3.44. The monoisotopic (exact) mass is 367 g/mol. The topological polar surface area (TPSA) is 66.9 Å². The van der Waals surface area contributed by atoms with Crippen molar-refractivity contribution < 1.29 is 23.7 Å². The molecule has 0 aliphatic carbocycles. The van der Waals surface area contributed by atoms with E-state index in [4.69, 9.17) is 18.9 Å². The quantitative estimate of drug-likeness (QED) is 0.526. The van der Waals surface area contributed by atoms with Crippen molar-refractivity contribution in [3.63, 3.8) is 0 Å². The Morgan fingerprint density at radius 2 is 1.72 bits per heavy atom. The van der Waals surface area contributed by atoms with Gasteiger partial charge in [-0.2, -0.15) is 0 Å². The van der Waals surface area contributed by atoms with Gasteiger partial charge < -0.3 is 18.9 Å². The first kappa shape index (κ1) is 20.6. The van der Waals surface area contributed by atoms with Gasteiger partial charge in [-0.1, -0.05) is 6.07 Å². The van der Waals surface area contributed by atoms with Crippen molar-refractivity contribution in [1.29, 1.82) is 0 Å².